The Kier molecular flexibility index (Phi) is 5.40. The lowest BCUT2D eigenvalue weighted by Gasteiger charge is -2.34. The van der Waals surface area contributed by atoms with Crippen LogP contribution in [-0.4, -0.2) is 48.2 Å². The van der Waals surface area contributed by atoms with E-state index >= 15 is 0 Å². The number of carbonyl (C=O) groups is 1. The highest BCUT2D eigenvalue weighted by Gasteiger charge is 2.32. The molecule has 18 heavy (non-hydrogen) atoms. The maximum atomic E-state index is 12.3. The van der Waals surface area contributed by atoms with Gasteiger partial charge in [0.05, 0.1) is 6.10 Å². The lowest BCUT2D eigenvalue weighted by molar-refractivity contribution is -0.136. The summed E-state index contributed by atoms with van der Waals surface area (Å²) < 4.78 is 5.27. The normalized spacial score (nSPS) is 20.2. The summed E-state index contributed by atoms with van der Waals surface area (Å²) in [5.41, 5.74) is 5.61. The molecule has 1 fully saturated rings. The van der Waals surface area contributed by atoms with Crippen LogP contribution in [0.15, 0.2) is 5.16 Å². The van der Waals surface area contributed by atoms with Gasteiger partial charge in [-0.05, 0) is 18.8 Å². The monoisotopic (exact) mass is 257 g/mol. The van der Waals surface area contributed by atoms with Gasteiger partial charge in [0.2, 0.25) is 5.91 Å². The Morgan fingerprint density at radius 3 is 2.39 bits per heavy atom. The van der Waals surface area contributed by atoms with Gasteiger partial charge >= 0.3 is 0 Å². The fraction of sp³-hybridized carbons (Fsp3) is 0.833. The molecule has 1 heterocycles. The molecule has 1 atom stereocenters. The highest BCUT2D eigenvalue weighted by atomic mass is 16.5. The Bertz CT molecular complexity index is 310. The average Bonchev–Trinajstić information content (AvgIpc) is 2.38. The van der Waals surface area contributed by atoms with E-state index < -0.39 is 5.92 Å². The number of hydrogen-bond donors (Lipinski definition) is 2. The molecule has 3 N–H and O–H groups in total. The molecule has 0 spiro atoms. The molecule has 104 valence electrons. The van der Waals surface area contributed by atoms with Crippen LogP contribution in [0.1, 0.15) is 26.7 Å². The van der Waals surface area contributed by atoms with Crippen LogP contribution >= 0.6 is 0 Å². The van der Waals surface area contributed by atoms with E-state index in [2.05, 4.69) is 5.16 Å². The van der Waals surface area contributed by atoms with Crippen molar-refractivity contribution in [2.24, 2.45) is 22.7 Å². The van der Waals surface area contributed by atoms with Crippen molar-refractivity contribution in [2.45, 2.75) is 32.8 Å². The molecule has 0 bridgehead atoms. The number of amides is 1. The van der Waals surface area contributed by atoms with E-state index in [1.54, 1.807) is 12.0 Å². The Morgan fingerprint density at radius 2 is 2.00 bits per heavy atom. The van der Waals surface area contributed by atoms with Crippen molar-refractivity contribution in [3.8, 4) is 0 Å². The SMILES string of the molecule is COC1CCN(C(=O)C(/C(N)=N/O)C(C)C)CC1. The van der Waals surface area contributed by atoms with E-state index in [9.17, 15) is 4.79 Å². The number of hydrogen-bond acceptors (Lipinski definition) is 4. The van der Waals surface area contributed by atoms with Crippen molar-refractivity contribution in [1.29, 1.82) is 0 Å². The van der Waals surface area contributed by atoms with Crippen molar-refractivity contribution in [3.05, 3.63) is 0 Å². The fourth-order valence-corrected chi connectivity index (χ4v) is 2.32. The number of rotatable bonds is 4. The van der Waals surface area contributed by atoms with E-state index in [1.165, 1.54) is 0 Å². The first kappa shape index (κ1) is 14.8. The minimum Gasteiger partial charge on any atom is -0.409 e. The van der Waals surface area contributed by atoms with Gasteiger partial charge < -0.3 is 20.6 Å². The molecule has 0 saturated carbocycles. The molecule has 6 nitrogen and oxygen atoms in total. The number of carbonyl (C=O) groups excluding carboxylic acids is 1. The zero-order chi connectivity index (χ0) is 13.7. The van der Waals surface area contributed by atoms with E-state index in [0.717, 1.165) is 12.8 Å². The lowest BCUT2D eigenvalue weighted by Crippen LogP contribution is -2.48. The number of amidine groups is 1. The maximum Gasteiger partial charge on any atom is 0.233 e. The molecule has 1 amide bonds. The van der Waals surface area contributed by atoms with Gasteiger partial charge in [0.1, 0.15) is 5.92 Å². The zero-order valence-electron chi connectivity index (χ0n) is 11.3. The van der Waals surface area contributed by atoms with Gasteiger partial charge in [-0.15, -0.1) is 0 Å². The van der Waals surface area contributed by atoms with Gasteiger partial charge in [0.15, 0.2) is 5.84 Å². The highest BCUT2D eigenvalue weighted by Crippen LogP contribution is 2.19. The van der Waals surface area contributed by atoms with E-state index in [4.69, 9.17) is 15.7 Å². The number of methoxy groups -OCH3 is 1. The Hall–Kier alpha value is -1.30. The second kappa shape index (κ2) is 6.58. The molecule has 0 aromatic carbocycles. The number of nitrogens with two attached hydrogens (primary N) is 1. The van der Waals surface area contributed by atoms with Gasteiger partial charge in [-0.1, -0.05) is 19.0 Å². The summed E-state index contributed by atoms with van der Waals surface area (Å²) in [6.45, 7) is 5.11. The van der Waals surface area contributed by atoms with E-state index in [-0.39, 0.29) is 23.8 Å². The van der Waals surface area contributed by atoms with Crippen LogP contribution < -0.4 is 5.73 Å². The third-order valence-electron chi connectivity index (χ3n) is 3.45. The summed E-state index contributed by atoms with van der Waals surface area (Å²) >= 11 is 0. The Morgan fingerprint density at radius 1 is 1.44 bits per heavy atom. The summed E-state index contributed by atoms with van der Waals surface area (Å²) in [6.07, 6.45) is 1.90. The summed E-state index contributed by atoms with van der Waals surface area (Å²) in [4.78, 5) is 14.1. The minimum absolute atomic E-state index is 0.00792. The van der Waals surface area contributed by atoms with Gasteiger partial charge in [-0.3, -0.25) is 4.79 Å². The summed E-state index contributed by atoms with van der Waals surface area (Å²) in [5, 5.41) is 11.7. The fourth-order valence-electron chi connectivity index (χ4n) is 2.32. The smallest absolute Gasteiger partial charge is 0.233 e. The Balaban J connectivity index is 2.68. The largest absolute Gasteiger partial charge is 0.409 e. The first-order valence-electron chi connectivity index (χ1n) is 6.30. The predicted molar refractivity (Wildman–Crippen MR) is 68.3 cm³/mol. The number of likely N-dealkylation sites (tertiary alicyclic amines) is 1. The number of ether oxygens (including phenoxy) is 1. The number of oxime groups is 1. The van der Waals surface area contributed by atoms with Gasteiger partial charge in [0.25, 0.3) is 0 Å². The van der Waals surface area contributed by atoms with Crippen LogP contribution in [0.4, 0.5) is 0 Å². The third-order valence-corrected chi connectivity index (χ3v) is 3.45. The molecule has 1 saturated heterocycles. The van der Waals surface area contributed by atoms with E-state index in [1.807, 2.05) is 13.8 Å². The van der Waals surface area contributed by atoms with Crippen molar-refractivity contribution < 1.29 is 14.7 Å². The van der Waals surface area contributed by atoms with Crippen LogP contribution in [0.25, 0.3) is 0 Å². The number of nitrogens with zero attached hydrogens (tertiary/aromatic N) is 2. The molecule has 1 rings (SSSR count). The first-order chi connectivity index (χ1) is 8.51. The van der Waals surface area contributed by atoms with E-state index in [0.29, 0.717) is 13.1 Å². The molecule has 0 aliphatic carbocycles. The van der Waals surface area contributed by atoms with Crippen LogP contribution in [0.3, 0.4) is 0 Å². The summed E-state index contributed by atoms with van der Waals surface area (Å²) in [6, 6.07) is 0. The van der Waals surface area contributed by atoms with Crippen LogP contribution in [0, 0.1) is 11.8 Å². The van der Waals surface area contributed by atoms with Crippen molar-refractivity contribution in [1.82, 2.24) is 4.90 Å². The van der Waals surface area contributed by atoms with Gasteiger partial charge in [-0.2, -0.15) is 0 Å². The average molecular weight is 257 g/mol. The van der Waals surface area contributed by atoms with Crippen LogP contribution in [0.2, 0.25) is 0 Å². The molecular weight excluding hydrogens is 234 g/mol. The van der Waals surface area contributed by atoms with Crippen LogP contribution in [0.5, 0.6) is 0 Å². The quantitative estimate of drug-likeness (QED) is 0.335. The third kappa shape index (κ3) is 3.35. The number of piperidine rings is 1. The van der Waals surface area contributed by atoms with Gasteiger partial charge in [0, 0.05) is 20.2 Å². The molecule has 0 radical (unpaired) electrons. The molecule has 1 unspecified atom stereocenters. The first-order valence-corrected chi connectivity index (χ1v) is 6.30. The van der Waals surface area contributed by atoms with Crippen molar-refractivity contribution >= 4 is 11.7 Å². The molecule has 1 aliphatic heterocycles. The lowest BCUT2D eigenvalue weighted by atomic mass is 9.92. The standard InChI is InChI=1S/C12H23N3O3/c1-8(2)10(11(13)14-17)12(16)15-6-4-9(18-3)5-7-15/h8-10,17H,4-7H2,1-3H3,(H2,13,14). The van der Waals surface area contributed by atoms with Crippen molar-refractivity contribution in [3.63, 3.8) is 0 Å². The molecule has 6 heteroatoms. The maximum absolute atomic E-state index is 12.3. The summed E-state index contributed by atoms with van der Waals surface area (Å²) in [5.74, 6) is -0.610. The molecule has 0 aromatic heterocycles. The summed E-state index contributed by atoms with van der Waals surface area (Å²) in [7, 11) is 1.69. The second-order valence-electron chi connectivity index (χ2n) is 5.01. The predicted octanol–water partition coefficient (Wildman–Crippen LogP) is 0.642. The van der Waals surface area contributed by atoms with Gasteiger partial charge in [-0.25, -0.2) is 0 Å². The molecular formula is C12H23N3O3. The second-order valence-corrected chi connectivity index (χ2v) is 5.01. The molecule has 1 aliphatic rings. The zero-order valence-corrected chi connectivity index (χ0v) is 11.3. The van der Waals surface area contributed by atoms with Crippen molar-refractivity contribution in [2.75, 3.05) is 20.2 Å². The topological polar surface area (TPSA) is 88.2 Å². The minimum atomic E-state index is -0.547. The molecule has 0 aromatic rings. The highest BCUT2D eigenvalue weighted by molar-refractivity contribution is 6.02. The Labute approximate surface area is 108 Å². The van der Waals surface area contributed by atoms with Crippen LogP contribution in [-0.2, 0) is 9.53 Å².